The third kappa shape index (κ3) is 2.74. The van der Waals surface area contributed by atoms with Crippen LogP contribution in [-0.2, 0) is 13.1 Å². The Morgan fingerprint density at radius 3 is 2.77 bits per heavy atom. The Labute approximate surface area is 147 Å². The molecule has 0 saturated heterocycles. The quantitative estimate of drug-likeness (QED) is 0.483. The number of aliphatic hydroxyl groups is 1. The average Bonchev–Trinajstić information content (AvgIpc) is 3.22. The molecule has 4 rings (SSSR count). The van der Waals surface area contributed by atoms with E-state index in [4.69, 9.17) is 5.73 Å². The second-order valence-corrected chi connectivity index (χ2v) is 5.80. The number of hydrogen-bond acceptors (Lipinski definition) is 6. The molecule has 0 bridgehead atoms. The fourth-order valence-electron chi connectivity index (χ4n) is 2.87. The molecule has 3 heterocycles. The van der Waals surface area contributed by atoms with E-state index in [1.165, 1.54) is 4.57 Å². The van der Waals surface area contributed by atoms with Crippen LogP contribution in [0.1, 0.15) is 5.56 Å². The van der Waals surface area contributed by atoms with E-state index in [1.807, 2.05) is 30.3 Å². The molecule has 0 amide bonds. The maximum absolute atomic E-state index is 12.4. The fourth-order valence-corrected chi connectivity index (χ4v) is 2.87. The van der Waals surface area contributed by atoms with Crippen LogP contribution in [0.2, 0.25) is 0 Å². The zero-order valence-electron chi connectivity index (χ0n) is 13.8. The number of aromatic nitrogens is 6. The Morgan fingerprint density at radius 2 is 2.00 bits per heavy atom. The molecule has 1 aromatic carbocycles. The van der Waals surface area contributed by atoms with Crippen molar-refractivity contribution in [3.05, 3.63) is 58.8 Å². The molecule has 0 unspecified atom stereocenters. The molecule has 0 radical (unpaired) electrons. The summed E-state index contributed by atoms with van der Waals surface area (Å²) in [5.74, 6) is 0.953. The smallest absolute Gasteiger partial charge is 0.328 e. The molecule has 0 aliphatic rings. The van der Waals surface area contributed by atoms with Crippen LogP contribution in [0.5, 0.6) is 0 Å². The third-order valence-electron chi connectivity index (χ3n) is 4.09. The lowest BCUT2D eigenvalue weighted by molar-refractivity contribution is 0.276. The Kier molecular flexibility index (Phi) is 3.98. The number of imidazole rings is 2. The predicted molar refractivity (Wildman–Crippen MR) is 96.4 cm³/mol. The number of rotatable bonds is 5. The summed E-state index contributed by atoms with van der Waals surface area (Å²) in [6, 6.07) is 9.61. The minimum absolute atomic E-state index is 0.0377. The molecule has 0 spiro atoms. The number of hydrogen-bond donors (Lipinski definition) is 3. The van der Waals surface area contributed by atoms with Gasteiger partial charge in [-0.3, -0.25) is 4.57 Å². The lowest BCUT2D eigenvalue weighted by Crippen LogP contribution is -2.17. The van der Waals surface area contributed by atoms with Gasteiger partial charge in [-0.25, -0.2) is 19.7 Å². The highest BCUT2D eigenvalue weighted by Gasteiger charge is 2.17. The van der Waals surface area contributed by atoms with Crippen LogP contribution in [0.4, 0.5) is 5.82 Å². The molecule has 0 saturated carbocycles. The molecular formula is C17H17N7O2. The standard InChI is InChI=1S/C17H17N7O2/c18-13-12-15(22-14(21-13)16-19-6-7-23(16)8-9-25)24(17(26)20-12)10-11-4-2-1-3-5-11/h1-7,25H,8-10H2,(H,20,26)(H2,18,21,22). The molecule has 9 heteroatoms. The highest BCUT2D eigenvalue weighted by molar-refractivity contribution is 5.83. The van der Waals surface area contributed by atoms with Crippen LogP contribution in [0, 0.1) is 0 Å². The van der Waals surface area contributed by atoms with Crippen LogP contribution in [0.25, 0.3) is 22.8 Å². The van der Waals surface area contributed by atoms with Gasteiger partial charge in [0.1, 0.15) is 5.52 Å². The van der Waals surface area contributed by atoms with E-state index in [1.54, 1.807) is 17.0 Å². The molecule has 132 valence electrons. The summed E-state index contributed by atoms with van der Waals surface area (Å²) in [5, 5.41) is 9.18. The number of H-pyrrole nitrogens is 1. The maximum Gasteiger partial charge on any atom is 0.328 e. The van der Waals surface area contributed by atoms with Crippen molar-refractivity contribution in [2.75, 3.05) is 12.3 Å². The first kappa shape index (κ1) is 16.0. The number of aromatic amines is 1. The average molecular weight is 351 g/mol. The number of benzene rings is 1. The van der Waals surface area contributed by atoms with E-state index in [9.17, 15) is 9.90 Å². The van der Waals surface area contributed by atoms with E-state index in [0.29, 0.717) is 35.9 Å². The van der Waals surface area contributed by atoms with Crippen molar-refractivity contribution in [1.82, 2.24) is 29.1 Å². The van der Waals surface area contributed by atoms with Crippen LogP contribution in [0.15, 0.2) is 47.5 Å². The van der Waals surface area contributed by atoms with Gasteiger partial charge in [0.25, 0.3) is 0 Å². The second-order valence-electron chi connectivity index (χ2n) is 5.80. The molecule has 9 nitrogen and oxygen atoms in total. The second kappa shape index (κ2) is 6.45. The van der Waals surface area contributed by atoms with Gasteiger partial charge in [0.15, 0.2) is 23.1 Å². The maximum atomic E-state index is 12.4. The number of nitrogens with one attached hydrogen (secondary N) is 1. The third-order valence-corrected chi connectivity index (χ3v) is 4.09. The van der Waals surface area contributed by atoms with Gasteiger partial charge in [-0.15, -0.1) is 0 Å². The molecule has 0 aliphatic carbocycles. The Hall–Kier alpha value is -3.46. The fraction of sp³-hybridized carbons (Fsp3) is 0.176. The first-order valence-electron chi connectivity index (χ1n) is 8.09. The summed E-state index contributed by atoms with van der Waals surface area (Å²) in [5.41, 5.74) is 7.52. The zero-order chi connectivity index (χ0) is 18.1. The van der Waals surface area contributed by atoms with Gasteiger partial charge in [0, 0.05) is 18.9 Å². The Balaban J connectivity index is 1.86. The minimum Gasteiger partial charge on any atom is -0.395 e. The van der Waals surface area contributed by atoms with Crippen molar-refractivity contribution < 1.29 is 5.11 Å². The van der Waals surface area contributed by atoms with Gasteiger partial charge in [-0.2, -0.15) is 0 Å². The van der Waals surface area contributed by atoms with Crippen LogP contribution in [-0.4, -0.2) is 40.8 Å². The van der Waals surface area contributed by atoms with Gasteiger partial charge in [0.05, 0.1) is 13.2 Å². The molecular weight excluding hydrogens is 334 g/mol. The molecule has 3 aromatic heterocycles. The lowest BCUT2D eigenvalue weighted by atomic mass is 10.2. The number of fused-ring (bicyclic) bond motifs is 1. The number of aliphatic hydroxyl groups excluding tert-OH is 1. The van der Waals surface area contributed by atoms with Crippen molar-refractivity contribution >= 4 is 17.0 Å². The highest BCUT2D eigenvalue weighted by Crippen LogP contribution is 2.20. The van der Waals surface area contributed by atoms with Gasteiger partial charge in [-0.1, -0.05) is 30.3 Å². The molecule has 0 atom stereocenters. The zero-order valence-corrected chi connectivity index (χ0v) is 13.8. The Bertz CT molecular complexity index is 1110. The van der Waals surface area contributed by atoms with Crippen molar-refractivity contribution in [2.24, 2.45) is 0 Å². The molecule has 4 N–H and O–H groups in total. The molecule has 0 aliphatic heterocycles. The molecule has 4 aromatic rings. The number of anilines is 1. The SMILES string of the molecule is Nc1nc(-c2nccn2CCO)nc2c1[nH]c(=O)n2Cc1ccccc1. The summed E-state index contributed by atoms with van der Waals surface area (Å²) in [7, 11) is 0. The summed E-state index contributed by atoms with van der Waals surface area (Å²) in [4.78, 5) is 28.1. The summed E-state index contributed by atoms with van der Waals surface area (Å²) in [6.07, 6.45) is 3.33. The topological polar surface area (TPSA) is 128 Å². The van der Waals surface area contributed by atoms with E-state index >= 15 is 0 Å². The molecule has 0 fully saturated rings. The van der Waals surface area contributed by atoms with E-state index in [2.05, 4.69) is 19.9 Å². The predicted octanol–water partition coefficient (Wildman–Crippen LogP) is 0.606. The summed E-state index contributed by atoms with van der Waals surface area (Å²) < 4.78 is 3.25. The van der Waals surface area contributed by atoms with Crippen molar-refractivity contribution in [3.63, 3.8) is 0 Å². The van der Waals surface area contributed by atoms with Gasteiger partial charge in [-0.05, 0) is 5.56 Å². The largest absolute Gasteiger partial charge is 0.395 e. The number of nitrogens with zero attached hydrogens (tertiary/aromatic N) is 5. The number of nitrogens with two attached hydrogens (primary N) is 1. The number of nitrogen functional groups attached to an aromatic ring is 1. The van der Waals surface area contributed by atoms with Gasteiger partial charge in [0.2, 0.25) is 0 Å². The minimum atomic E-state index is -0.305. The summed E-state index contributed by atoms with van der Waals surface area (Å²) in [6.45, 7) is 0.686. The van der Waals surface area contributed by atoms with E-state index in [-0.39, 0.29) is 18.1 Å². The van der Waals surface area contributed by atoms with Gasteiger partial charge >= 0.3 is 5.69 Å². The van der Waals surface area contributed by atoms with E-state index in [0.717, 1.165) is 5.56 Å². The Morgan fingerprint density at radius 1 is 1.19 bits per heavy atom. The van der Waals surface area contributed by atoms with E-state index < -0.39 is 0 Å². The first-order valence-corrected chi connectivity index (χ1v) is 8.09. The van der Waals surface area contributed by atoms with Gasteiger partial charge < -0.3 is 20.4 Å². The highest BCUT2D eigenvalue weighted by atomic mass is 16.3. The van der Waals surface area contributed by atoms with Crippen molar-refractivity contribution in [2.45, 2.75) is 13.1 Å². The normalized spacial score (nSPS) is 11.3. The molecule has 26 heavy (non-hydrogen) atoms. The van der Waals surface area contributed by atoms with Crippen molar-refractivity contribution in [3.8, 4) is 11.6 Å². The van der Waals surface area contributed by atoms with Crippen LogP contribution < -0.4 is 11.4 Å². The van der Waals surface area contributed by atoms with Crippen molar-refractivity contribution in [1.29, 1.82) is 0 Å². The lowest BCUT2D eigenvalue weighted by Gasteiger charge is -2.07. The summed E-state index contributed by atoms with van der Waals surface area (Å²) >= 11 is 0. The van der Waals surface area contributed by atoms with Crippen LogP contribution in [0.3, 0.4) is 0 Å². The van der Waals surface area contributed by atoms with Crippen LogP contribution >= 0.6 is 0 Å². The first-order chi connectivity index (χ1) is 12.7. The monoisotopic (exact) mass is 351 g/mol.